The molecule has 1 fully saturated rings. The van der Waals surface area contributed by atoms with E-state index in [4.69, 9.17) is 0 Å². The van der Waals surface area contributed by atoms with Gasteiger partial charge in [-0.25, -0.2) is 4.39 Å². The summed E-state index contributed by atoms with van der Waals surface area (Å²) < 4.78 is 13.9. The third kappa shape index (κ3) is 4.60. The van der Waals surface area contributed by atoms with E-state index in [1.54, 1.807) is 17.0 Å². The highest BCUT2D eigenvalue weighted by molar-refractivity contribution is 5.55. The number of hydrogen-bond donors (Lipinski definition) is 1. The number of hydrogen-bond acceptors (Lipinski definition) is 2. The van der Waals surface area contributed by atoms with Crippen LogP contribution in [-0.4, -0.2) is 46.8 Å². The lowest BCUT2D eigenvalue weighted by molar-refractivity contribution is -0.894. The Morgan fingerprint density at radius 2 is 1.72 bits per heavy atom. The number of piperazine rings is 1. The molecule has 0 unspecified atom stereocenters. The summed E-state index contributed by atoms with van der Waals surface area (Å²) in [5, 5.41) is 0. The van der Waals surface area contributed by atoms with Gasteiger partial charge < -0.3 is 14.7 Å². The van der Waals surface area contributed by atoms with Gasteiger partial charge in [-0.1, -0.05) is 30.3 Å². The van der Waals surface area contributed by atoms with Crippen molar-refractivity contribution in [2.75, 3.05) is 56.6 Å². The van der Waals surface area contributed by atoms with E-state index in [1.807, 2.05) is 12.1 Å². The molecule has 0 spiro atoms. The number of nitrogens with one attached hydrogen (secondary N) is 1. The van der Waals surface area contributed by atoms with E-state index in [-0.39, 0.29) is 5.82 Å². The molecule has 0 radical (unpaired) electrons. The van der Waals surface area contributed by atoms with Gasteiger partial charge in [0, 0.05) is 19.8 Å². The average Bonchev–Trinajstić information content (AvgIpc) is 2.63. The number of para-hydroxylation sites is 1. The van der Waals surface area contributed by atoms with Crippen molar-refractivity contribution in [2.24, 2.45) is 0 Å². The summed E-state index contributed by atoms with van der Waals surface area (Å²) in [6, 6.07) is 15.6. The first kappa shape index (κ1) is 17.5. The maximum Gasteiger partial charge on any atom is 0.146 e. The van der Waals surface area contributed by atoms with Gasteiger partial charge >= 0.3 is 0 Å². The molecule has 3 rings (SSSR count). The van der Waals surface area contributed by atoms with Crippen molar-refractivity contribution in [1.82, 2.24) is 0 Å². The lowest BCUT2D eigenvalue weighted by Crippen LogP contribution is -3.14. The second-order valence-corrected chi connectivity index (χ2v) is 6.78. The predicted octanol–water partition coefficient (Wildman–Crippen LogP) is 2.31. The van der Waals surface area contributed by atoms with Crippen LogP contribution in [0.5, 0.6) is 0 Å². The van der Waals surface area contributed by atoms with Gasteiger partial charge in [-0.2, -0.15) is 0 Å². The van der Waals surface area contributed by atoms with Crippen LogP contribution in [0, 0.1) is 5.82 Å². The molecule has 132 valence electrons. The Hall–Kier alpha value is -2.33. The molecule has 1 saturated heterocycles. The Labute approximate surface area is 150 Å². The molecule has 3 nitrogen and oxygen atoms in total. The number of nitrogens with zero attached hydrogens (tertiary/aromatic N) is 2. The molecule has 25 heavy (non-hydrogen) atoms. The van der Waals surface area contributed by atoms with Crippen LogP contribution < -0.4 is 14.7 Å². The molecule has 1 aliphatic heterocycles. The molecule has 2 aromatic rings. The largest absolute Gasteiger partial charge is 0.378 e. The zero-order valence-electron chi connectivity index (χ0n) is 15.1. The number of benzene rings is 2. The van der Waals surface area contributed by atoms with E-state index in [9.17, 15) is 4.39 Å². The summed E-state index contributed by atoms with van der Waals surface area (Å²) >= 11 is 0. The summed E-state index contributed by atoms with van der Waals surface area (Å²) in [7, 11) is 4.10. The summed E-state index contributed by atoms with van der Waals surface area (Å²) in [6.45, 7) is 4.90. The number of quaternary nitrogens is 1. The Morgan fingerprint density at radius 1 is 1.04 bits per heavy atom. The molecule has 0 atom stereocenters. The van der Waals surface area contributed by atoms with Crippen LogP contribution >= 0.6 is 0 Å². The first-order valence-electron chi connectivity index (χ1n) is 8.90. The minimum absolute atomic E-state index is 0.119. The average molecular weight is 340 g/mol. The Kier molecular flexibility index (Phi) is 5.71. The minimum atomic E-state index is -0.119. The number of anilines is 2. The van der Waals surface area contributed by atoms with Gasteiger partial charge in [0.1, 0.15) is 5.82 Å². The number of halogens is 1. The molecule has 1 heterocycles. The standard InChI is InChI=1S/C21H26FN3/c1-23(2)19-11-9-18(10-12-19)6-5-13-24-14-16-25(17-15-24)21-8-4-3-7-20(21)22/h3-12H,13-17H2,1-2H3/p+1/b6-5+. The second-order valence-electron chi connectivity index (χ2n) is 6.78. The smallest absolute Gasteiger partial charge is 0.146 e. The molecule has 0 amide bonds. The topological polar surface area (TPSA) is 10.9 Å². The van der Waals surface area contributed by atoms with Crippen molar-refractivity contribution in [3.63, 3.8) is 0 Å². The first-order valence-corrected chi connectivity index (χ1v) is 8.90. The maximum atomic E-state index is 13.9. The highest BCUT2D eigenvalue weighted by atomic mass is 19.1. The third-order valence-corrected chi connectivity index (χ3v) is 4.79. The van der Waals surface area contributed by atoms with Crippen molar-refractivity contribution in [1.29, 1.82) is 0 Å². The summed E-state index contributed by atoms with van der Waals surface area (Å²) in [4.78, 5) is 5.81. The molecule has 0 saturated carbocycles. The fourth-order valence-electron chi connectivity index (χ4n) is 3.22. The van der Waals surface area contributed by atoms with Crippen molar-refractivity contribution >= 4 is 17.5 Å². The Bertz CT molecular complexity index is 701. The van der Waals surface area contributed by atoms with Crippen LogP contribution in [0.4, 0.5) is 15.8 Å². The van der Waals surface area contributed by atoms with Crippen molar-refractivity contribution in [3.8, 4) is 0 Å². The summed E-state index contributed by atoms with van der Waals surface area (Å²) in [6.07, 6.45) is 4.44. The van der Waals surface area contributed by atoms with Crippen molar-refractivity contribution in [3.05, 3.63) is 66.0 Å². The van der Waals surface area contributed by atoms with Gasteiger partial charge in [0.05, 0.1) is 38.4 Å². The van der Waals surface area contributed by atoms with E-state index >= 15 is 0 Å². The molecular formula is C21H27FN3+. The maximum absolute atomic E-state index is 13.9. The molecule has 2 aromatic carbocycles. The van der Waals surface area contributed by atoms with E-state index in [1.165, 1.54) is 11.3 Å². The van der Waals surface area contributed by atoms with Crippen LogP contribution in [-0.2, 0) is 0 Å². The van der Waals surface area contributed by atoms with Crippen molar-refractivity contribution in [2.45, 2.75) is 0 Å². The molecule has 0 aliphatic carbocycles. The lowest BCUT2D eigenvalue weighted by Gasteiger charge is -2.33. The zero-order chi connectivity index (χ0) is 17.6. The fourth-order valence-corrected chi connectivity index (χ4v) is 3.22. The van der Waals surface area contributed by atoms with Crippen molar-refractivity contribution < 1.29 is 9.29 Å². The molecular weight excluding hydrogens is 313 g/mol. The van der Waals surface area contributed by atoms with Gasteiger partial charge in [0.2, 0.25) is 0 Å². The quantitative estimate of drug-likeness (QED) is 0.896. The predicted molar refractivity (Wildman–Crippen MR) is 104 cm³/mol. The fraction of sp³-hybridized carbons (Fsp3) is 0.333. The van der Waals surface area contributed by atoms with E-state index in [0.717, 1.165) is 38.4 Å². The molecule has 4 heteroatoms. The summed E-state index contributed by atoms with van der Waals surface area (Å²) in [5.74, 6) is -0.119. The van der Waals surface area contributed by atoms with Gasteiger partial charge in [-0.3, -0.25) is 0 Å². The minimum Gasteiger partial charge on any atom is -0.378 e. The molecule has 1 aliphatic rings. The highest BCUT2D eigenvalue weighted by Gasteiger charge is 2.20. The Balaban J connectivity index is 1.48. The molecule has 0 aromatic heterocycles. The SMILES string of the molecule is CN(C)c1ccc(/C=C/C[NH+]2CCN(c3ccccc3F)CC2)cc1. The van der Waals surface area contributed by atoms with E-state index in [0.29, 0.717) is 0 Å². The van der Waals surface area contributed by atoms with Crippen LogP contribution in [0.25, 0.3) is 6.08 Å². The Morgan fingerprint density at radius 3 is 2.36 bits per heavy atom. The monoisotopic (exact) mass is 340 g/mol. The normalized spacial score (nSPS) is 15.7. The molecule has 1 N–H and O–H groups in total. The summed E-state index contributed by atoms with van der Waals surface area (Å²) in [5.41, 5.74) is 3.18. The van der Waals surface area contributed by atoms with Gasteiger partial charge in [0.25, 0.3) is 0 Å². The van der Waals surface area contributed by atoms with Gasteiger partial charge in [0.15, 0.2) is 0 Å². The second kappa shape index (κ2) is 8.17. The van der Waals surface area contributed by atoms with Crippen LogP contribution in [0.15, 0.2) is 54.6 Å². The highest BCUT2D eigenvalue weighted by Crippen LogP contribution is 2.18. The zero-order valence-corrected chi connectivity index (χ0v) is 15.1. The van der Waals surface area contributed by atoms with Gasteiger partial charge in [-0.15, -0.1) is 0 Å². The van der Waals surface area contributed by atoms with Gasteiger partial charge in [-0.05, 0) is 35.9 Å². The lowest BCUT2D eigenvalue weighted by atomic mass is 10.2. The van der Waals surface area contributed by atoms with E-state index < -0.39 is 0 Å². The number of rotatable bonds is 5. The first-order chi connectivity index (χ1) is 12.1. The molecule has 0 bridgehead atoms. The van der Waals surface area contributed by atoms with E-state index in [2.05, 4.69) is 60.3 Å². The van der Waals surface area contributed by atoms with Crippen LogP contribution in [0.2, 0.25) is 0 Å². The van der Waals surface area contributed by atoms with Crippen LogP contribution in [0.3, 0.4) is 0 Å². The third-order valence-electron chi connectivity index (χ3n) is 4.79. The van der Waals surface area contributed by atoms with Crippen LogP contribution in [0.1, 0.15) is 5.56 Å².